The monoisotopic (exact) mass is 368 g/mol. The summed E-state index contributed by atoms with van der Waals surface area (Å²) < 4.78 is 1.65. The third-order valence-corrected chi connectivity index (χ3v) is 4.49. The Kier molecular flexibility index (Phi) is 6.32. The molecule has 27 heavy (non-hydrogen) atoms. The molecule has 0 unspecified atom stereocenters. The van der Waals surface area contributed by atoms with E-state index in [4.69, 9.17) is 5.73 Å². The number of carbonyl (C=O) groups is 2. The maximum Gasteiger partial charge on any atom is 0.276 e. The molecule has 8 heteroatoms. The Morgan fingerprint density at radius 3 is 2.56 bits per heavy atom. The number of piperazine rings is 1. The van der Waals surface area contributed by atoms with E-state index in [1.54, 1.807) is 15.8 Å². The fraction of sp³-hybridized carbons (Fsp3) is 0.368. The maximum atomic E-state index is 12.6. The van der Waals surface area contributed by atoms with Crippen molar-refractivity contribution in [2.24, 2.45) is 5.73 Å². The van der Waals surface area contributed by atoms with Gasteiger partial charge in [-0.1, -0.05) is 47.7 Å². The molecule has 2 amide bonds. The van der Waals surface area contributed by atoms with Gasteiger partial charge in [-0.25, -0.2) is 4.68 Å². The predicted molar refractivity (Wildman–Crippen MR) is 102 cm³/mol. The van der Waals surface area contributed by atoms with E-state index < -0.39 is 0 Å². The molecule has 0 aliphatic carbocycles. The average Bonchev–Trinajstić information content (AvgIpc) is 3.16. The second kappa shape index (κ2) is 9.09. The largest absolute Gasteiger partial charge is 0.370 e. The summed E-state index contributed by atoms with van der Waals surface area (Å²) in [7, 11) is 0. The number of hydrogen-bond acceptors (Lipinski definition) is 5. The van der Waals surface area contributed by atoms with E-state index in [1.165, 1.54) is 0 Å². The minimum atomic E-state index is -0.300. The normalized spacial score (nSPS) is 15.3. The van der Waals surface area contributed by atoms with Gasteiger partial charge >= 0.3 is 0 Å². The molecule has 0 radical (unpaired) electrons. The van der Waals surface area contributed by atoms with Gasteiger partial charge in [0.1, 0.15) is 0 Å². The van der Waals surface area contributed by atoms with Gasteiger partial charge in [0.15, 0.2) is 5.69 Å². The van der Waals surface area contributed by atoms with E-state index in [0.717, 1.165) is 18.7 Å². The molecule has 2 N–H and O–H groups in total. The zero-order valence-electron chi connectivity index (χ0n) is 15.2. The van der Waals surface area contributed by atoms with Crippen LogP contribution >= 0.6 is 0 Å². The molecule has 8 nitrogen and oxygen atoms in total. The summed E-state index contributed by atoms with van der Waals surface area (Å²) in [5.74, 6) is -0.408. The van der Waals surface area contributed by atoms with Gasteiger partial charge in [-0.3, -0.25) is 14.5 Å². The first-order valence-electron chi connectivity index (χ1n) is 9.03. The van der Waals surface area contributed by atoms with Crippen LogP contribution in [0.2, 0.25) is 0 Å². The molecule has 0 bridgehead atoms. The Balaban J connectivity index is 1.49. The Bertz CT molecular complexity index is 794. The first-order valence-corrected chi connectivity index (χ1v) is 9.03. The molecule has 1 saturated heterocycles. The van der Waals surface area contributed by atoms with Crippen molar-refractivity contribution in [3.63, 3.8) is 0 Å². The van der Waals surface area contributed by atoms with Crippen LogP contribution in [-0.2, 0) is 11.3 Å². The van der Waals surface area contributed by atoms with Crippen molar-refractivity contribution in [2.75, 3.05) is 32.7 Å². The number of aromatic nitrogens is 3. The topological polar surface area (TPSA) is 97.4 Å². The molecule has 1 aliphatic rings. The summed E-state index contributed by atoms with van der Waals surface area (Å²) in [6.45, 7) is 3.87. The standard InChI is InChI=1S/C19H24N6O2/c20-18(26)8-10-23-11-13-24(14-12-23)19(27)17-15-25(22-21-17)9-4-7-16-5-2-1-3-6-16/h1-7,15H,8-14H2,(H2,20,26)/b7-4+. The van der Waals surface area contributed by atoms with E-state index in [1.807, 2.05) is 42.5 Å². The molecule has 142 valence electrons. The summed E-state index contributed by atoms with van der Waals surface area (Å²) >= 11 is 0. The number of nitrogens with two attached hydrogens (primary N) is 1. The SMILES string of the molecule is NC(=O)CCN1CCN(C(=O)c2cn(C/C=C/c3ccccc3)nn2)CC1. The highest BCUT2D eigenvalue weighted by Gasteiger charge is 2.24. The van der Waals surface area contributed by atoms with Crippen LogP contribution in [0.5, 0.6) is 0 Å². The Morgan fingerprint density at radius 2 is 1.85 bits per heavy atom. The van der Waals surface area contributed by atoms with Gasteiger partial charge in [0.25, 0.3) is 5.91 Å². The Hall–Kier alpha value is -3.00. The summed E-state index contributed by atoms with van der Waals surface area (Å²) in [4.78, 5) is 27.4. The first kappa shape index (κ1) is 18.8. The molecule has 2 heterocycles. The van der Waals surface area contributed by atoms with E-state index in [-0.39, 0.29) is 11.8 Å². The molecule has 3 rings (SSSR count). The summed E-state index contributed by atoms with van der Waals surface area (Å²) in [6.07, 6.45) is 6.01. The molecule has 1 aliphatic heterocycles. The minimum absolute atomic E-state index is 0.108. The molecule has 0 atom stereocenters. The quantitative estimate of drug-likeness (QED) is 0.773. The highest BCUT2D eigenvalue weighted by Crippen LogP contribution is 2.08. The van der Waals surface area contributed by atoms with Crippen molar-refractivity contribution in [2.45, 2.75) is 13.0 Å². The predicted octanol–water partition coefficient (Wildman–Crippen LogP) is 0.625. The van der Waals surface area contributed by atoms with Crippen molar-refractivity contribution in [3.05, 3.63) is 53.9 Å². The molecule has 0 spiro atoms. The summed E-state index contributed by atoms with van der Waals surface area (Å²) in [5, 5.41) is 8.04. The van der Waals surface area contributed by atoms with Crippen LogP contribution < -0.4 is 5.73 Å². The average molecular weight is 368 g/mol. The van der Waals surface area contributed by atoms with Crippen LogP contribution in [0.4, 0.5) is 0 Å². The second-order valence-corrected chi connectivity index (χ2v) is 6.49. The Morgan fingerprint density at radius 1 is 1.11 bits per heavy atom. The smallest absolute Gasteiger partial charge is 0.276 e. The fourth-order valence-electron chi connectivity index (χ4n) is 2.95. The highest BCUT2D eigenvalue weighted by atomic mass is 16.2. The van der Waals surface area contributed by atoms with Gasteiger partial charge in [0, 0.05) is 39.1 Å². The van der Waals surface area contributed by atoms with Crippen molar-refractivity contribution in [3.8, 4) is 0 Å². The third-order valence-electron chi connectivity index (χ3n) is 4.49. The van der Waals surface area contributed by atoms with Gasteiger partial charge in [0.05, 0.1) is 12.7 Å². The number of nitrogens with zero attached hydrogens (tertiary/aromatic N) is 5. The van der Waals surface area contributed by atoms with Gasteiger partial charge in [-0.2, -0.15) is 0 Å². The number of benzene rings is 1. The number of primary amides is 1. The van der Waals surface area contributed by atoms with Crippen LogP contribution in [-0.4, -0.2) is 69.3 Å². The maximum absolute atomic E-state index is 12.6. The van der Waals surface area contributed by atoms with Gasteiger partial charge in [-0.05, 0) is 5.56 Å². The lowest BCUT2D eigenvalue weighted by Gasteiger charge is -2.34. The lowest BCUT2D eigenvalue weighted by molar-refractivity contribution is -0.118. The molecule has 1 fully saturated rings. The number of hydrogen-bond donors (Lipinski definition) is 1. The lowest BCUT2D eigenvalue weighted by atomic mass is 10.2. The third kappa shape index (κ3) is 5.49. The lowest BCUT2D eigenvalue weighted by Crippen LogP contribution is -2.49. The fourth-order valence-corrected chi connectivity index (χ4v) is 2.95. The van der Waals surface area contributed by atoms with E-state index in [2.05, 4.69) is 15.2 Å². The molecular formula is C19H24N6O2. The van der Waals surface area contributed by atoms with Crippen molar-refractivity contribution < 1.29 is 9.59 Å². The van der Waals surface area contributed by atoms with Crippen LogP contribution in [0.3, 0.4) is 0 Å². The van der Waals surface area contributed by atoms with E-state index >= 15 is 0 Å². The van der Waals surface area contributed by atoms with Gasteiger partial charge in [0.2, 0.25) is 5.91 Å². The van der Waals surface area contributed by atoms with Gasteiger partial charge in [-0.15, -0.1) is 5.10 Å². The first-order chi connectivity index (χ1) is 13.1. The van der Waals surface area contributed by atoms with Crippen LogP contribution in [0.1, 0.15) is 22.5 Å². The highest BCUT2D eigenvalue weighted by molar-refractivity contribution is 5.92. The van der Waals surface area contributed by atoms with Crippen LogP contribution in [0.25, 0.3) is 6.08 Å². The zero-order valence-corrected chi connectivity index (χ0v) is 15.2. The number of rotatable bonds is 7. The van der Waals surface area contributed by atoms with Crippen LogP contribution in [0.15, 0.2) is 42.6 Å². The molecule has 1 aromatic heterocycles. The van der Waals surface area contributed by atoms with Crippen LogP contribution in [0, 0.1) is 0 Å². The second-order valence-electron chi connectivity index (χ2n) is 6.49. The molecule has 2 aromatic rings. The zero-order chi connectivity index (χ0) is 19.1. The van der Waals surface area contributed by atoms with Crippen molar-refractivity contribution in [1.82, 2.24) is 24.8 Å². The van der Waals surface area contributed by atoms with Crippen molar-refractivity contribution in [1.29, 1.82) is 0 Å². The summed E-state index contributed by atoms with van der Waals surface area (Å²) in [6, 6.07) is 10.00. The van der Waals surface area contributed by atoms with Gasteiger partial charge < -0.3 is 10.6 Å². The molecule has 1 aromatic carbocycles. The van der Waals surface area contributed by atoms with E-state index in [9.17, 15) is 9.59 Å². The summed E-state index contributed by atoms with van der Waals surface area (Å²) in [5.41, 5.74) is 6.65. The number of allylic oxidation sites excluding steroid dienone is 1. The number of amides is 2. The van der Waals surface area contributed by atoms with E-state index in [0.29, 0.717) is 38.3 Å². The number of carbonyl (C=O) groups excluding carboxylic acids is 2. The minimum Gasteiger partial charge on any atom is -0.370 e. The van der Waals surface area contributed by atoms with Crippen molar-refractivity contribution >= 4 is 17.9 Å². The Labute approximate surface area is 158 Å². The molecular weight excluding hydrogens is 344 g/mol. The molecule has 0 saturated carbocycles.